The van der Waals surface area contributed by atoms with E-state index < -0.39 is 17.8 Å². The maximum absolute atomic E-state index is 14.1. The van der Waals surface area contributed by atoms with Crippen LogP contribution in [0.1, 0.15) is 28.7 Å². The van der Waals surface area contributed by atoms with Crippen LogP contribution in [0.5, 0.6) is 0 Å². The van der Waals surface area contributed by atoms with Gasteiger partial charge in [-0.1, -0.05) is 41.4 Å². The number of hydrogen-bond donors (Lipinski definition) is 2. The molecule has 0 aromatic heterocycles. The third kappa shape index (κ3) is 3.55. The molecule has 0 heterocycles. The minimum atomic E-state index is -0.958. The quantitative estimate of drug-likeness (QED) is 0.883. The van der Waals surface area contributed by atoms with Crippen LogP contribution < -0.4 is 5.73 Å². The highest BCUT2D eigenvalue weighted by Gasteiger charge is 2.25. The minimum absolute atomic E-state index is 0.0143. The van der Waals surface area contributed by atoms with Crippen molar-refractivity contribution in [3.63, 3.8) is 0 Å². The number of aliphatic hydroxyl groups excluding tert-OH is 1. The Balaban J connectivity index is 2.43. The molecule has 2 unspecified atom stereocenters. The summed E-state index contributed by atoms with van der Waals surface area (Å²) in [5, 5.41) is 11.1. The molecule has 3 N–H and O–H groups in total. The van der Waals surface area contributed by atoms with Gasteiger partial charge in [-0.05, 0) is 41.8 Å². The summed E-state index contributed by atoms with van der Waals surface area (Å²) in [6, 6.07) is 9.93. The first-order chi connectivity index (χ1) is 9.93. The average molecular weight is 328 g/mol. The maximum Gasteiger partial charge on any atom is 0.145 e. The van der Waals surface area contributed by atoms with E-state index >= 15 is 0 Å². The fourth-order valence-electron chi connectivity index (χ4n) is 2.40. The number of rotatable bonds is 4. The van der Waals surface area contributed by atoms with E-state index in [-0.39, 0.29) is 11.6 Å². The van der Waals surface area contributed by atoms with Crippen molar-refractivity contribution in [2.24, 2.45) is 5.73 Å². The summed E-state index contributed by atoms with van der Waals surface area (Å²) in [5.74, 6) is -1.14. The van der Waals surface area contributed by atoms with Gasteiger partial charge in [-0.2, -0.15) is 0 Å². The summed E-state index contributed by atoms with van der Waals surface area (Å²) in [5.41, 5.74) is 7.56. The van der Waals surface area contributed by atoms with Crippen molar-refractivity contribution in [2.75, 3.05) is 6.54 Å². The lowest BCUT2D eigenvalue weighted by Crippen LogP contribution is -2.21. The smallest absolute Gasteiger partial charge is 0.145 e. The molecule has 0 fully saturated rings. The zero-order chi connectivity index (χ0) is 15.6. The molecular weight excluding hydrogens is 312 g/mol. The van der Waals surface area contributed by atoms with E-state index in [1.54, 1.807) is 24.3 Å². The van der Waals surface area contributed by atoms with E-state index in [1.807, 2.05) is 13.0 Å². The maximum atomic E-state index is 14.1. The highest BCUT2D eigenvalue weighted by Crippen LogP contribution is 2.34. The molecule has 0 aliphatic heterocycles. The fourth-order valence-corrected chi connectivity index (χ4v) is 2.88. The number of nitrogens with two attached hydrogens (primary N) is 1. The Bertz CT molecular complexity index is 628. The second kappa shape index (κ2) is 6.75. The van der Waals surface area contributed by atoms with E-state index in [1.165, 1.54) is 6.07 Å². The second-order valence-electron chi connectivity index (χ2n) is 4.99. The molecule has 0 bridgehead atoms. The second-order valence-corrected chi connectivity index (χ2v) is 5.84. The zero-order valence-corrected chi connectivity index (χ0v) is 13.0. The Morgan fingerprint density at radius 2 is 1.95 bits per heavy atom. The summed E-state index contributed by atoms with van der Waals surface area (Å²) in [6.07, 6.45) is -0.958. The summed E-state index contributed by atoms with van der Waals surface area (Å²) < 4.78 is 14.1. The average Bonchev–Trinajstić information content (AvgIpc) is 2.43. The van der Waals surface area contributed by atoms with Gasteiger partial charge in [-0.3, -0.25) is 0 Å². The number of benzene rings is 2. The molecule has 21 heavy (non-hydrogen) atoms. The first kappa shape index (κ1) is 16.2. The van der Waals surface area contributed by atoms with Crippen LogP contribution in [0.15, 0.2) is 36.4 Å². The summed E-state index contributed by atoms with van der Waals surface area (Å²) in [4.78, 5) is 0. The molecular formula is C16H16Cl2FNO. The molecule has 0 spiro atoms. The topological polar surface area (TPSA) is 46.2 Å². The lowest BCUT2D eigenvalue weighted by Gasteiger charge is -2.23. The first-order valence-electron chi connectivity index (χ1n) is 6.53. The standard InChI is InChI=1S/C16H16Cl2FNO/c1-9-5-10(7-11(17)6-9)16(21)13(8-20)12-3-2-4-14(18)15(12)19/h2-7,13,16,21H,8,20H2,1H3. The molecule has 2 rings (SSSR count). The molecule has 0 aliphatic rings. The molecule has 2 atom stereocenters. The largest absolute Gasteiger partial charge is 0.388 e. The normalized spacial score (nSPS) is 14.0. The lowest BCUT2D eigenvalue weighted by atomic mass is 9.88. The van der Waals surface area contributed by atoms with Gasteiger partial charge >= 0.3 is 0 Å². The van der Waals surface area contributed by atoms with Crippen molar-refractivity contribution in [1.29, 1.82) is 0 Å². The molecule has 2 nitrogen and oxygen atoms in total. The Kier molecular flexibility index (Phi) is 5.22. The summed E-state index contributed by atoms with van der Waals surface area (Å²) in [6.45, 7) is 1.96. The van der Waals surface area contributed by atoms with Crippen molar-refractivity contribution in [1.82, 2.24) is 0 Å². The molecule has 0 amide bonds. The SMILES string of the molecule is Cc1cc(Cl)cc(C(O)C(CN)c2cccc(Cl)c2F)c1. The monoisotopic (exact) mass is 327 g/mol. The van der Waals surface area contributed by atoms with Gasteiger partial charge in [-0.25, -0.2) is 4.39 Å². The van der Waals surface area contributed by atoms with Crippen molar-refractivity contribution in [3.8, 4) is 0 Å². The van der Waals surface area contributed by atoms with Crippen LogP contribution in [0.4, 0.5) is 4.39 Å². The van der Waals surface area contributed by atoms with Gasteiger partial charge in [-0.15, -0.1) is 0 Å². The highest BCUT2D eigenvalue weighted by atomic mass is 35.5. The Hall–Kier alpha value is -1.13. The summed E-state index contributed by atoms with van der Waals surface area (Å²) in [7, 11) is 0. The van der Waals surface area contributed by atoms with Crippen LogP contribution in [0.2, 0.25) is 10.0 Å². The molecule has 2 aromatic carbocycles. The van der Waals surface area contributed by atoms with E-state index in [2.05, 4.69) is 0 Å². The first-order valence-corrected chi connectivity index (χ1v) is 7.28. The van der Waals surface area contributed by atoms with E-state index in [4.69, 9.17) is 28.9 Å². The fraction of sp³-hybridized carbons (Fsp3) is 0.250. The van der Waals surface area contributed by atoms with Gasteiger partial charge in [0.05, 0.1) is 11.1 Å². The van der Waals surface area contributed by atoms with Gasteiger partial charge in [0.1, 0.15) is 5.82 Å². The number of aryl methyl sites for hydroxylation is 1. The van der Waals surface area contributed by atoms with Crippen molar-refractivity contribution < 1.29 is 9.50 Å². The molecule has 5 heteroatoms. The molecule has 112 valence electrons. The molecule has 0 saturated carbocycles. The predicted octanol–water partition coefficient (Wildman–Crippen LogP) is 4.22. The van der Waals surface area contributed by atoms with E-state index in [9.17, 15) is 9.50 Å². The van der Waals surface area contributed by atoms with Gasteiger partial charge in [0.2, 0.25) is 0 Å². The van der Waals surface area contributed by atoms with Gasteiger partial charge < -0.3 is 10.8 Å². The van der Waals surface area contributed by atoms with E-state index in [0.29, 0.717) is 16.1 Å². The number of aliphatic hydroxyl groups is 1. The third-order valence-corrected chi connectivity index (χ3v) is 3.93. The highest BCUT2D eigenvalue weighted by molar-refractivity contribution is 6.31. The molecule has 0 aliphatic carbocycles. The molecule has 0 radical (unpaired) electrons. The Labute approximate surface area is 133 Å². The Morgan fingerprint density at radius 1 is 1.24 bits per heavy atom. The predicted molar refractivity (Wildman–Crippen MR) is 84.4 cm³/mol. The summed E-state index contributed by atoms with van der Waals surface area (Å²) >= 11 is 11.8. The van der Waals surface area contributed by atoms with Crippen LogP contribution >= 0.6 is 23.2 Å². The number of hydrogen-bond acceptors (Lipinski definition) is 2. The van der Waals surface area contributed by atoms with Crippen molar-refractivity contribution in [2.45, 2.75) is 18.9 Å². The van der Waals surface area contributed by atoms with Crippen LogP contribution in [0, 0.1) is 12.7 Å². The Morgan fingerprint density at radius 3 is 2.57 bits per heavy atom. The van der Waals surface area contributed by atoms with Crippen LogP contribution in [0.3, 0.4) is 0 Å². The van der Waals surface area contributed by atoms with Crippen molar-refractivity contribution in [3.05, 3.63) is 69.0 Å². The third-order valence-electron chi connectivity index (χ3n) is 3.42. The lowest BCUT2D eigenvalue weighted by molar-refractivity contribution is 0.145. The zero-order valence-electron chi connectivity index (χ0n) is 11.5. The minimum Gasteiger partial charge on any atom is -0.388 e. The van der Waals surface area contributed by atoms with Crippen LogP contribution in [-0.4, -0.2) is 11.7 Å². The van der Waals surface area contributed by atoms with Gasteiger partial charge in [0, 0.05) is 17.5 Å². The van der Waals surface area contributed by atoms with E-state index in [0.717, 1.165) is 5.56 Å². The molecule has 2 aromatic rings. The van der Waals surface area contributed by atoms with Gasteiger partial charge in [0.15, 0.2) is 0 Å². The van der Waals surface area contributed by atoms with Crippen molar-refractivity contribution >= 4 is 23.2 Å². The van der Waals surface area contributed by atoms with Crippen LogP contribution in [0.25, 0.3) is 0 Å². The number of halogens is 3. The van der Waals surface area contributed by atoms with Gasteiger partial charge in [0.25, 0.3) is 0 Å². The molecule has 0 saturated heterocycles. The van der Waals surface area contributed by atoms with Crippen LogP contribution in [-0.2, 0) is 0 Å².